The predicted molar refractivity (Wildman–Crippen MR) is 104 cm³/mol. The highest BCUT2D eigenvalue weighted by molar-refractivity contribution is 5.95. The highest BCUT2D eigenvalue weighted by atomic mass is 16.2. The molecular formula is C21H23N3O3. The van der Waals surface area contributed by atoms with E-state index in [1.54, 1.807) is 17.0 Å². The molecule has 1 heterocycles. The number of hydrogen-bond acceptors (Lipinski definition) is 3. The quantitative estimate of drug-likeness (QED) is 0.826. The summed E-state index contributed by atoms with van der Waals surface area (Å²) in [6, 6.07) is 14.9. The monoisotopic (exact) mass is 365 g/mol. The first-order valence-electron chi connectivity index (χ1n) is 9.04. The minimum absolute atomic E-state index is 0.0639. The summed E-state index contributed by atoms with van der Waals surface area (Å²) in [6.07, 6.45) is 1.79. The molecule has 3 amide bonds. The minimum Gasteiger partial charge on any atom is -0.352 e. The number of carbonyl (C=O) groups is 3. The molecule has 1 saturated heterocycles. The second kappa shape index (κ2) is 8.49. The lowest BCUT2D eigenvalue weighted by Crippen LogP contribution is -2.25. The Balaban J connectivity index is 1.49. The summed E-state index contributed by atoms with van der Waals surface area (Å²) in [6.45, 7) is 2.66. The molecular weight excluding hydrogens is 342 g/mol. The molecule has 0 aliphatic carbocycles. The normalized spacial score (nSPS) is 13.5. The number of nitrogens with one attached hydrogen (secondary N) is 2. The lowest BCUT2D eigenvalue weighted by atomic mass is 10.1. The number of anilines is 2. The Hall–Kier alpha value is -3.15. The van der Waals surface area contributed by atoms with Crippen LogP contribution in [0.25, 0.3) is 0 Å². The fourth-order valence-corrected chi connectivity index (χ4v) is 3.07. The van der Waals surface area contributed by atoms with Crippen molar-refractivity contribution >= 4 is 29.1 Å². The zero-order chi connectivity index (χ0) is 19.2. The van der Waals surface area contributed by atoms with Gasteiger partial charge in [-0.05, 0) is 41.8 Å². The van der Waals surface area contributed by atoms with Crippen LogP contribution in [-0.4, -0.2) is 24.3 Å². The lowest BCUT2D eigenvalue weighted by molar-refractivity contribution is -0.120. The largest absolute Gasteiger partial charge is 0.352 e. The molecule has 3 rings (SSSR count). The van der Waals surface area contributed by atoms with Crippen LogP contribution in [0.1, 0.15) is 30.9 Å². The smallest absolute Gasteiger partial charge is 0.227 e. The maximum Gasteiger partial charge on any atom is 0.227 e. The van der Waals surface area contributed by atoms with Crippen LogP contribution in [0.15, 0.2) is 48.5 Å². The van der Waals surface area contributed by atoms with Crippen molar-refractivity contribution in [2.24, 2.45) is 0 Å². The van der Waals surface area contributed by atoms with E-state index in [-0.39, 0.29) is 24.1 Å². The summed E-state index contributed by atoms with van der Waals surface area (Å²) in [4.78, 5) is 36.7. The van der Waals surface area contributed by atoms with Gasteiger partial charge in [-0.15, -0.1) is 0 Å². The van der Waals surface area contributed by atoms with E-state index < -0.39 is 0 Å². The molecule has 27 heavy (non-hydrogen) atoms. The van der Waals surface area contributed by atoms with Crippen molar-refractivity contribution in [1.82, 2.24) is 5.32 Å². The van der Waals surface area contributed by atoms with Crippen LogP contribution in [0.4, 0.5) is 11.4 Å². The summed E-state index contributed by atoms with van der Waals surface area (Å²) < 4.78 is 0. The van der Waals surface area contributed by atoms with E-state index in [4.69, 9.17) is 0 Å². The van der Waals surface area contributed by atoms with Crippen LogP contribution in [0.5, 0.6) is 0 Å². The molecule has 0 unspecified atom stereocenters. The van der Waals surface area contributed by atoms with Gasteiger partial charge in [0, 0.05) is 37.8 Å². The van der Waals surface area contributed by atoms with Gasteiger partial charge in [0.1, 0.15) is 0 Å². The predicted octanol–water partition coefficient (Wildman–Crippen LogP) is 2.63. The van der Waals surface area contributed by atoms with E-state index in [1.807, 2.05) is 36.4 Å². The number of rotatable bonds is 6. The molecule has 1 aliphatic heterocycles. The van der Waals surface area contributed by atoms with Crippen molar-refractivity contribution in [3.05, 3.63) is 59.7 Å². The van der Waals surface area contributed by atoms with Gasteiger partial charge in [0.25, 0.3) is 0 Å². The van der Waals surface area contributed by atoms with Crippen molar-refractivity contribution < 1.29 is 14.4 Å². The fourth-order valence-electron chi connectivity index (χ4n) is 3.07. The minimum atomic E-state index is -0.115. The summed E-state index contributed by atoms with van der Waals surface area (Å²) in [5.41, 5.74) is 3.49. The average molecular weight is 365 g/mol. The second-order valence-corrected chi connectivity index (χ2v) is 6.65. The molecule has 6 nitrogen and oxygen atoms in total. The van der Waals surface area contributed by atoms with Crippen LogP contribution >= 0.6 is 0 Å². The van der Waals surface area contributed by atoms with E-state index in [0.717, 1.165) is 35.5 Å². The molecule has 0 aromatic heterocycles. The Labute approximate surface area is 158 Å². The van der Waals surface area contributed by atoms with Crippen LogP contribution in [0.2, 0.25) is 0 Å². The van der Waals surface area contributed by atoms with Crippen molar-refractivity contribution in [2.75, 3.05) is 16.8 Å². The van der Waals surface area contributed by atoms with Crippen molar-refractivity contribution in [2.45, 2.75) is 32.7 Å². The summed E-state index contributed by atoms with van der Waals surface area (Å²) in [7, 11) is 0. The van der Waals surface area contributed by atoms with Crippen LogP contribution in [0.3, 0.4) is 0 Å². The first kappa shape index (κ1) is 18.6. The summed E-state index contributed by atoms with van der Waals surface area (Å²) in [5.74, 6) is -0.0212. The number of carbonyl (C=O) groups excluding carboxylic acids is 3. The molecule has 0 saturated carbocycles. The molecule has 1 fully saturated rings. The maximum atomic E-state index is 12.2. The van der Waals surface area contributed by atoms with Gasteiger partial charge in [-0.3, -0.25) is 14.4 Å². The first-order valence-corrected chi connectivity index (χ1v) is 9.04. The molecule has 2 N–H and O–H groups in total. The van der Waals surface area contributed by atoms with Gasteiger partial charge < -0.3 is 15.5 Å². The number of nitrogens with zero attached hydrogens (tertiary/aromatic N) is 1. The Bertz CT molecular complexity index is 829. The van der Waals surface area contributed by atoms with E-state index >= 15 is 0 Å². The Morgan fingerprint density at radius 2 is 1.67 bits per heavy atom. The second-order valence-electron chi connectivity index (χ2n) is 6.65. The standard InChI is InChI=1S/C21H23N3O3/c1-15(25)23-18-8-4-17(5-9-18)14-22-20(26)13-16-6-10-19(11-7-16)24-12-2-3-21(24)27/h4-11H,2-3,12-14H2,1H3,(H,22,26)(H,23,25). The molecule has 0 atom stereocenters. The molecule has 0 bridgehead atoms. The van der Waals surface area contributed by atoms with Crippen molar-refractivity contribution in [3.8, 4) is 0 Å². The summed E-state index contributed by atoms with van der Waals surface area (Å²) >= 11 is 0. The molecule has 0 spiro atoms. The van der Waals surface area contributed by atoms with Gasteiger partial charge in [0.05, 0.1) is 6.42 Å². The Morgan fingerprint density at radius 3 is 2.26 bits per heavy atom. The third kappa shape index (κ3) is 5.17. The Morgan fingerprint density at radius 1 is 1.00 bits per heavy atom. The molecule has 2 aromatic carbocycles. The van der Waals surface area contributed by atoms with E-state index in [9.17, 15) is 14.4 Å². The molecule has 1 aliphatic rings. The average Bonchev–Trinajstić information content (AvgIpc) is 3.07. The van der Waals surface area contributed by atoms with Crippen LogP contribution in [-0.2, 0) is 27.3 Å². The number of hydrogen-bond donors (Lipinski definition) is 2. The van der Waals surface area contributed by atoms with Crippen molar-refractivity contribution in [3.63, 3.8) is 0 Å². The summed E-state index contributed by atoms with van der Waals surface area (Å²) in [5, 5.41) is 5.60. The zero-order valence-electron chi connectivity index (χ0n) is 15.3. The van der Waals surface area contributed by atoms with Gasteiger partial charge in [-0.1, -0.05) is 24.3 Å². The SMILES string of the molecule is CC(=O)Nc1ccc(CNC(=O)Cc2ccc(N3CCCC3=O)cc2)cc1. The highest BCUT2D eigenvalue weighted by Gasteiger charge is 2.21. The Kier molecular flexibility index (Phi) is 5.86. The van der Waals surface area contributed by atoms with Gasteiger partial charge in [-0.2, -0.15) is 0 Å². The number of amides is 3. The molecule has 140 valence electrons. The van der Waals surface area contributed by atoms with E-state index in [0.29, 0.717) is 13.0 Å². The van der Waals surface area contributed by atoms with Gasteiger partial charge in [0.15, 0.2) is 0 Å². The highest BCUT2D eigenvalue weighted by Crippen LogP contribution is 2.21. The van der Waals surface area contributed by atoms with Crippen molar-refractivity contribution in [1.29, 1.82) is 0 Å². The van der Waals surface area contributed by atoms with Gasteiger partial charge in [-0.25, -0.2) is 0 Å². The third-order valence-corrected chi connectivity index (χ3v) is 4.45. The fraction of sp³-hybridized carbons (Fsp3) is 0.286. The molecule has 0 radical (unpaired) electrons. The molecule has 6 heteroatoms. The van der Waals surface area contributed by atoms with E-state index in [1.165, 1.54) is 6.92 Å². The topological polar surface area (TPSA) is 78.5 Å². The van der Waals surface area contributed by atoms with Crippen LogP contribution < -0.4 is 15.5 Å². The van der Waals surface area contributed by atoms with Gasteiger partial charge in [0.2, 0.25) is 17.7 Å². The lowest BCUT2D eigenvalue weighted by Gasteiger charge is -2.15. The zero-order valence-corrected chi connectivity index (χ0v) is 15.3. The maximum absolute atomic E-state index is 12.2. The van der Waals surface area contributed by atoms with Crippen LogP contribution in [0, 0.1) is 0 Å². The number of benzene rings is 2. The third-order valence-electron chi connectivity index (χ3n) is 4.45. The molecule has 2 aromatic rings. The van der Waals surface area contributed by atoms with Gasteiger partial charge >= 0.3 is 0 Å². The first-order chi connectivity index (χ1) is 13.0. The van der Waals surface area contributed by atoms with E-state index in [2.05, 4.69) is 10.6 Å².